The highest BCUT2D eigenvalue weighted by atomic mass is 16.5. The summed E-state index contributed by atoms with van der Waals surface area (Å²) in [6.45, 7) is 7.81. The number of carbonyl (C=O) groups excluding carboxylic acids is 2. The first-order valence-corrected chi connectivity index (χ1v) is 15.1. The predicted octanol–water partition coefficient (Wildman–Crippen LogP) is 5.11. The van der Waals surface area contributed by atoms with Gasteiger partial charge in [-0.05, 0) is 93.0 Å². The van der Waals surface area contributed by atoms with Gasteiger partial charge in [-0.3, -0.25) is 9.59 Å². The van der Waals surface area contributed by atoms with Gasteiger partial charge in [0.2, 0.25) is 0 Å². The summed E-state index contributed by atoms with van der Waals surface area (Å²) >= 11 is 0. The zero-order valence-electron chi connectivity index (χ0n) is 25.4. The van der Waals surface area contributed by atoms with Crippen LogP contribution in [-0.2, 0) is 18.4 Å². The summed E-state index contributed by atoms with van der Waals surface area (Å²) in [5.41, 5.74) is 3.77. The summed E-state index contributed by atoms with van der Waals surface area (Å²) in [5.74, 6) is 0.401. The lowest BCUT2D eigenvalue weighted by molar-refractivity contribution is 0.0752. The van der Waals surface area contributed by atoms with Crippen LogP contribution in [-0.4, -0.2) is 60.7 Å². The first-order valence-electron chi connectivity index (χ1n) is 15.1. The lowest BCUT2D eigenvalue weighted by Gasteiger charge is -2.31. The maximum atomic E-state index is 13.5. The van der Waals surface area contributed by atoms with Gasteiger partial charge in [-0.1, -0.05) is 49.4 Å². The molecule has 7 heteroatoms. The Kier molecular flexibility index (Phi) is 10.8. The van der Waals surface area contributed by atoms with E-state index in [2.05, 4.69) is 43.5 Å². The number of aryl methyl sites for hydroxylation is 1. The van der Waals surface area contributed by atoms with Gasteiger partial charge in [0.25, 0.3) is 11.8 Å². The van der Waals surface area contributed by atoms with Crippen LogP contribution in [0.5, 0.6) is 5.75 Å². The molecule has 0 spiro atoms. The smallest absolute Gasteiger partial charge is 0.253 e. The van der Waals surface area contributed by atoms with E-state index in [4.69, 9.17) is 4.74 Å². The van der Waals surface area contributed by atoms with Gasteiger partial charge in [-0.2, -0.15) is 0 Å². The molecular formula is C35H45N3O4. The third kappa shape index (κ3) is 8.20. The van der Waals surface area contributed by atoms with Crippen molar-refractivity contribution < 1.29 is 19.4 Å². The molecule has 4 bridgehead atoms. The number of amides is 2. The molecule has 0 saturated carbocycles. The standard InChI is InChI=1S/C35H45N3O4/c1-5-18-38-19-7-6-11-25-12-8-13-26(20-25)21-31(37-33(40)27-14-9-15-28(22-27)34(38)41)32(39)24-36-35(2,3)29-16-10-17-30(23-29)42-4/h8-10,12-17,20,22-23,31-32,36,39H,5-7,11,18-19,21,24H2,1-4H3,(H,37,40)/t31-,32+/m0/s1. The van der Waals surface area contributed by atoms with E-state index in [1.807, 2.05) is 41.3 Å². The second-order valence-corrected chi connectivity index (χ2v) is 11.7. The Morgan fingerprint density at radius 3 is 2.52 bits per heavy atom. The van der Waals surface area contributed by atoms with Gasteiger partial charge >= 0.3 is 0 Å². The van der Waals surface area contributed by atoms with Crippen molar-refractivity contribution >= 4 is 11.8 Å². The van der Waals surface area contributed by atoms with Crippen LogP contribution in [0.3, 0.4) is 0 Å². The molecule has 3 N–H and O–H groups in total. The quantitative estimate of drug-likeness (QED) is 0.350. The average molecular weight is 572 g/mol. The maximum absolute atomic E-state index is 13.5. The number of ether oxygens (including phenoxy) is 1. The van der Waals surface area contributed by atoms with E-state index in [1.54, 1.807) is 31.4 Å². The largest absolute Gasteiger partial charge is 0.497 e. The first-order chi connectivity index (χ1) is 20.2. The third-order valence-electron chi connectivity index (χ3n) is 8.07. The van der Waals surface area contributed by atoms with Crippen molar-refractivity contribution in [2.24, 2.45) is 0 Å². The SMILES string of the molecule is CCCN1CCCCc2cccc(c2)C[C@@H]([C@H](O)CNC(C)(C)c2cccc(OC)c2)NC(=O)c2cccc(c2)C1=O. The van der Waals surface area contributed by atoms with Crippen molar-refractivity contribution in [3.05, 3.63) is 101 Å². The number of rotatable bonds is 8. The van der Waals surface area contributed by atoms with Gasteiger partial charge in [-0.25, -0.2) is 0 Å². The van der Waals surface area contributed by atoms with Gasteiger partial charge in [0.05, 0.1) is 19.3 Å². The molecule has 4 rings (SSSR count). The molecule has 2 atom stereocenters. The molecule has 0 aliphatic carbocycles. The van der Waals surface area contributed by atoms with E-state index < -0.39 is 17.7 Å². The van der Waals surface area contributed by atoms with Gasteiger partial charge < -0.3 is 25.4 Å². The molecule has 1 heterocycles. The average Bonchev–Trinajstić information content (AvgIpc) is 3.00. The molecule has 7 nitrogen and oxygen atoms in total. The fourth-order valence-corrected chi connectivity index (χ4v) is 5.51. The van der Waals surface area contributed by atoms with Crippen LogP contribution in [0.2, 0.25) is 0 Å². The molecule has 0 saturated heterocycles. The second-order valence-electron chi connectivity index (χ2n) is 11.7. The Bertz CT molecular complexity index is 1360. The minimum atomic E-state index is -0.869. The topological polar surface area (TPSA) is 90.9 Å². The molecule has 2 amide bonds. The van der Waals surface area contributed by atoms with Crippen LogP contribution < -0.4 is 15.4 Å². The minimum Gasteiger partial charge on any atom is -0.497 e. The highest BCUT2D eigenvalue weighted by Crippen LogP contribution is 2.24. The number of carbonyl (C=O) groups is 2. The van der Waals surface area contributed by atoms with Crippen molar-refractivity contribution in [1.82, 2.24) is 15.5 Å². The Morgan fingerprint density at radius 1 is 1.00 bits per heavy atom. The van der Waals surface area contributed by atoms with E-state index in [-0.39, 0.29) is 18.4 Å². The van der Waals surface area contributed by atoms with Crippen molar-refractivity contribution in [2.75, 3.05) is 26.7 Å². The van der Waals surface area contributed by atoms with Crippen LogP contribution in [0, 0.1) is 0 Å². The predicted molar refractivity (Wildman–Crippen MR) is 167 cm³/mol. The van der Waals surface area contributed by atoms with Crippen LogP contribution in [0.25, 0.3) is 0 Å². The number of nitrogens with one attached hydrogen (secondary N) is 2. The molecule has 1 aliphatic rings. The number of aliphatic hydroxyl groups is 1. The monoisotopic (exact) mass is 571 g/mol. The molecular weight excluding hydrogens is 526 g/mol. The third-order valence-corrected chi connectivity index (χ3v) is 8.07. The second kappa shape index (κ2) is 14.5. The highest BCUT2D eigenvalue weighted by molar-refractivity contribution is 5.99. The maximum Gasteiger partial charge on any atom is 0.253 e. The molecule has 0 fully saturated rings. The summed E-state index contributed by atoms with van der Waals surface area (Å²) < 4.78 is 5.40. The molecule has 42 heavy (non-hydrogen) atoms. The van der Waals surface area contributed by atoms with Crippen molar-refractivity contribution in [3.63, 3.8) is 0 Å². The summed E-state index contributed by atoms with van der Waals surface area (Å²) in [6.07, 6.45) is 3.27. The minimum absolute atomic E-state index is 0.0545. The fourth-order valence-electron chi connectivity index (χ4n) is 5.51. The molecule has 3 aromatic rings. The van der Waals surface area contributed by atoms with Crippen LogP contribution >= 0.6 is 0 Å². The van der Waals surface area contributed by atoms with Crippen LogP contribution in [0.1, 0.15) is 77.4 Å². The zero-order valence-corrected chi connectivity index (χ0v) is 25.4. The number of methoxy groups -OCH3 is 1. The fraction of sp³-hybridized carbons (Fsp3) is 0.429. The molecule has 0 aromatic heterocycles. The Balaban J connectivity index is 1.59. The Labute approximate surface area is 250 Å². The Hall–Kier alpha value is -3.68. The number of benzene rings is 3. The lowest BCUT2D eigenvalue weighted by atomic mass is 9.92. The van der Waals surface area contributed by atoms with Crippen molar-refractivity contribution in [3.8, 4) is 5.75 Å². The zero-order chi connectivity index (χ0) is 30.1. The number of hydrogen-bond acceptors (Lipinski definition) is 5. The normalized spacial score (nSPS) is 17.5. The summed E-state index contributed by atoms with van der Waals surface area (Å²) in [5, 5.41) is 18.0. The van der Waals surface area contributed by atoms with Gasteiger partial charge in [0.15, 0.2) is 0 Å². The van der Waals surface area contributed by atoms with E-state index in [0.717, 1.165) is 42.6 Å². The van der Waals surface area contributed by atoms with Crippen LogP contribution in [0.15, 0.2) is 72.8 Å². The number of hydrogen-bond donors (Lipinski definition) is 3. The van der Waals surface area contributed by atoms with Gasteiger partial charge in [0.1, 0.15) is 5.75 Å². The van der Waals surface area contributed by atoms with Crippen molar-refractivity contribution in [2.45, 2.75) is 70.6 Å². The molecule has 0 radical (unpaired) electrons. The summed E-state index contributed by atoms with van der Waals surface area (Å²) in [6, 6.07) is 22.6. The van der Waals surface area contributed by atoms with Crippen LogP contribution in [0.4, 0.5) is 0 Å². The number of fused-ring (bicyclic) bond motifs is 4. The number of aliphatic hydroxyl groups excluding tert-OH is 1. The van der Waals surface area contributed by atoms with E-state index in [9.17, 15) is 14.7 Å². The van der Waals surface area contributed by atoms with Crippen molar-refractivity contribution in [1.29, 1.82) is 0 Å². The van der Waals surface area contributed by atoms with E-state index in [0.29, 0.717) is 30.6 Å². The number of nitrogens with zero attached hydrogens (tertiary/aromatic N) is 1. The highest BCUT2D eigenvalue weighted by Gasteiger charge is 2.27. The Morgan fingerprint density at radius 2 is 1.74 bits per heavy atom. The van der Waals surface area contributed by atoms with E-state index >= 15 is 0 Å². The lowest BCUT2D eigenvalue weighted by Crippen LogP contribution is -2.51. The van der Waals surface area contributed by atoms with Gasteiger partial charge in [-0.15, -0.1) is 0 Å². The molecule has 1 aliphatic heterocycles. The van der Waals surface area contributed by atoms with E-state index in [1.165, 1.54) is 5.56 Å². The molecule has 0 unspecified atom stereocenters. The molecule has 224 valence electrons. The van der Waals surface area contributed by atoms with Gasteiger partial charge in [0, 0.05) is 36.3 Å². The molecule has 3 aromatic carbocycles. The summed E-state index contributed by atoms with van der Waals surface area (Å²) in [4.78, 5) is 28.8. The first kappa shape index (κ1) is 31.3. The summed E-state index contributed by atoms with van der Waals surface area (Å²) in [7, 11) is 1.64.